The highest BCUT2D eigenvalue weighted by Gasteiger charge is 1.91. The summed E-state index contributed by atoms with van der Waals surface area (Å²) in [6.07, 6.45) is 0. The fourth-order valence-electron chi connectivity index (χ4n) is 0.647. The Hall–Kier alpha value is -0.830. The van der Waals surface area contributed by atoms with Gasteiger partial charge in [-0.05, 0) is 6.92 Å². The molecule has 0 N–H and O–H groups in total. The molecule has 0 radical (unpaired) electrons. The van der Waals surface area contributed by atoms with Gasteiger partial charge in [0.15, 0.2) is 0 Å². The second-order valence-corrected chi connectivity index (χ2v) is 1.91. The Kier molecular flexibility index (Phi) is 1.85. The van der Waals surface area contributed by atoms with Gasteiger partial charge in [0, 0.05) is 6.07 Å². The van der Waals surface area contributed by atoms with Crippen LogP contribution in [0.25, 0.3) is 5.32 Å². The van der Waals surface area contributed by atoms with Crippen LogP contribution in [0, 0.1) is 6.92 Å². The first kappa shape index (κ1) is 6.29. The number of nitrogens with zero attached hydrogens (tertiary/aromatic N) is 2. The molecule has 0 saturated heterocycles. The van der Waals surface area contributed by atoms with E-state index in [0.717, 1.165) is 11.5 Å². The minimum atomic E-state index is 0.626. The number of rotatable bonds is 2. The van der Waals surface area contributed by atoms with Gasteiger partial charge in [0.1, 0.15) is 5.76 Å². The molecule has 1 heterocycles. The molecular weight excluding hydrogens is 116 g/mol. The molecule has 0 fully saturated rings. The summed E-state index contributed by atoms with van der Waals surface area (Å²) < 4.78 is 4.86. The third kappa shape index (κ3) is 1.54. The van der Waals surface area contributed by atoms with E-state index in [-0.39, 0.29) is 0 Å². The molecular formula is C6H9N2O-. The third-order valence-corrected chi connectivity index (χ3v) is 0.991. The Labute approximate surface area is 54.0 Å². The SMILES string of the molecule is C[N-]Cc1cc(C)no1. The first-order valence-electron chi connectivity index (χ1n) is 2.80. The van der Waals surface area contributed by atoms with Gasteiger partial charge in [-0.25, -0.2) is 0 Å². The van der Waals surface area contributed by atoms with Crippen molar-refractivity contribution in [1.29, 1.82) is 0 Å². The van der Waals surface area contributed by atoms with E-state index in [4.69, 9.17) is 4.52 Å². The summed E-state index contributed by atoms with van der Waals surface area (Å²) in [5.74, 6) is 0.829. The topological polar surface area (TPSA) is 40.1 Å². The van der Waals surface area contributed by atoms with E-state index in [1.165, 1.54) is 0 Å². The van der Waals surface area contributed by atoms with Crippen LogP contribution in [-0.2, 0) is 6.54 Å². The van der Waals surface area contributed by atoms with Crippen molar-refractivity contribution in [2.45, 2.75) is 13.5 Å². The molecule has 3 heteroatoms. The van der Waals surface area contributed by atoms with E-state index >= 15 is 0 Å². The molecule has 0 unspecified atom stereocenters. The van der Waals surface area contributed by atoms with Crippen molar-refractivity contribution in [2.24, 2.45) is 0 Å². The molecule has 0 amide bonds. The maximum Gasteiger partial charge on any atom is 0.116 e. The summed E-state index contributed by atoms with van der Waals surface area (Å²) in [5.41, 5.74) is 0.911. The maximum atomic E-state index is 4.86. The molecule has 0 spiro atoms. The highest BCUT2D eigenvalue weighted by atomic mass is 16.5. The van der Waals surface area contributed by atoms with Crippen molar-refractivity contribution in [3.63, 3.8) is 0 Å². The van der Waals surface area contributed by atoms with Crippen LogP contribution >= 0.6 is 0 Å². The summed E-state index contributed by atoms with van der Waals surface area (Å²) in [7, 11) is 1.75. The van der Waals surface area contributed by atoms with E-state index in [1.807, 2.05) is 13.0 Å². The molecule has 9 heavy (non-hydrogen) atoms. The van der Waals surface area contributed by atoms with Gasteiger partial charge in [-0.1, -0.05) is 11.7 Å². The number of hydrogen-bond donors (Lipinski definition) is 0. The predicted molar refractivity (Wildman–Crippen MR) is 34.2 cm³/mol. The van der Waals surface area contributed by atoms with Gasteiger partial charge in [0.05, 0.1) is 5.69 Å². The van der Waals surface area contributed by atoms with E-state index < -0.39 is 0 Å². The highest BCUT2D eigenvalue weighted by molar-refractivity contribution is 5.05. The summed E-state index contributed by atoms with van der Waals surface area (Å²) in [4.78, 5) is 0. The minimum Gasteiger partial charge on any atom is -0.659 e. The molecule has 0 aliphatic carbocycles. The maximum absolute atomic E-state index is 4.86. The van der Waals surface area contributed by atoms with Gasteiger partial charge >= 0.3 is 0 Å². The molecule has 1 aromatic heterocycles. The molecule has 1 aromatic rings. The normalized spacial score (nSPS) is 10.0. The van der Waals surface area contributed by atoms with Gasteiger partial charge in [0.2, 0.25) is 0 Å². The molecule has 0 aliphatic rings. The highest BCUT2D eigenvalue weighted by Crippen LogP contribution is 2.04. The Balaban J connectivity index is 2.61. The second kappa shape index (κ2) is 2.64. The Bertz CT molecular complexity index is 183. The lowest BCUT2D eigenvalue weighted by Gasteiger charge is -2.03. The first-order valence-corrected chi connectivity index (χ1v) is 2.80. The summed E-state index contributed by atoms with van der Waals surface area (Å²) in [6.45, 7) is 2.52. The average Bonchev–Trinajstić information content (AvgIpc) is 2.17. The standard InChI is InChI=1S/C6H9N2O/c1-5-3-6(4-7-2)9-8-5/h3H,4H2,1-2H3/q-1. The molecule has 50 valence electrons. The van der Waals surface area contributed by atoms with E-state index in [0.29, 0.717) is 6.54 Å². The van der Waals surface area contributed by atoms with E-state index in [9.17, 15) is 0 Å². The largest absolute Gasteiger partial charge is 0.659 e. The summed E-state index contributed by atoms with van der Waals surface area (Å²) in [5, 5.41) is 7.59. The fraction of sp³-hybridized carbons (Fsp3) is 0.500. The zero-order valence-electron chi connectivity index (χ0n) is 5.59. The van der Waals surface area contributed by atoms with Crippen LogP contribution in [0.4, 0.5) is 0 Å². The monoisotopic (exact) mass is 125 g/mol. The summed E-state index contributed by atoms with van der Waals surface area (Å²) in [6, 6.07) is 1.88. The van der Waals surface area contributed by atoms with Crippen LogP contribution in [0.5, 0.6) is 0 Å². The van der Waals surface area contributed by atoms with Crippen molar-refractivity contribution < 1.29 is 4.52 Å². The predicted octanol–water partition coefficient (Wildman–Crippen LogP) is 1.49. The first-order chi connectivity index (χ1) is 4.33. The molecule has 1 rings (SSSR count). The number of aromatic nitrogens is 1. The lowest BCUT2D eigenvalue weighted by molar-refractivity contribution is 0.385. The smallest absolute Gasteiger partial charge is 0.116 e. The lowest BCUT2D eigenvalue weighted by atomic mass is 10.4. The van der Waals surface area contributed by atoms with Crippen molar-refractivity contribution >= 4 is 0 Å². The van der Waals surface area contributed by atoms with Gasteiger partial charge in [0.25, 0.3) is 0 Å². The lowest BCUT2D eigenvalue weighted by Crippen LogP contribution is -1.74. The molecule has 0 saturated carbocycles. The average molecular weight is 125 g/mol. The molecule has 0 bridgehead atoms. The van der Waals surface area contributed by atoms with Gasteiger partial charge in [-0.2, -0.15) is 7.05 Å². The summed E-state index contributed by atoms with van der Waals surface area (Å²) >= 11 is 0. The van der Waals surface area contributed by atoms with Crippen LogP contribution in [0.3, 0.4) is 0 Å². The molecule has 3 nitrogen and oxygen atoms in total. The van der Waals surface area contributed by atoms with Gasteiger partial charge in [-0.3, -0.25) is 0 Å². The van der Waals surface area contributed by atoms with Crippen molar-refractivity contribution in [3.05, 3.63) is 22.8 Å². The van der Waals surface area contributed by atoms with Crippen LogP contribution in [0.15, 0.2) is 10.6 Å². The molecule has 0 aliphatic heterocycles. The molecule has 0 aromatic carbocycles. The van der Waals surface area contributed by atoms with Crippen LogP contribution < -0.4 is 0 Å². The molecule has 0 atom stereocenters. The van der Waals surface area contributed by atoms with Crippen molar-refractivity contribution in [1.82, 2.24) is 5.16 Å². The zero-order chi connectivity index (χ0) is 6.69. The minimum absolute atomic E-state index is 0.626. The Morgan fingerprint density at radius 1 is 1.78 bits per heavy atom. The second-order valence-electron chi connectivity index (χ2n) is 1.91. The van der Waals surface area contributed by atoms with Crippen molar-refractivity contribution in [3.8, 4) is 0 Å². The van der Waals surface area contributed by atoms with Crippen LogP contribution in [0.1, 0.15) is 11.5 Å². The van der Waals surface area contributed by atoms with Crippen molar-refractivity contribution in [2.75, 3.05) is 7.05 Å². The quantitative estimate of drug-likeness (QED) is 0.600. The number of aryl methyl sites for hydroxylation is 1. The van der Waals surface area contributed by atoms with Crippen LogP contribution in [0.2, 0.25) is 0 Å². The third-order valence-electron chi connectivity index (χ3n) is 0.991. The zero-order valence-corrected chi connectivity index (χ0v) is 5.59. The Morgan fingerprint density at radius 3 is 3.00 bits per heavy atom. The van der Waals surface area contributed by atoms with E-state index in [2.05, 4.69) is 10.5 Å². The fourth-order valence-corrected chi connectivity index (χ4v) is 0.647. The van der Waals surface area contributed by atoms with Crippen LogP contribution in [-0.4, -0.2) is 12.2 Å². The van der Waals surface area contributed by atoms with Gasteiger partial charge < -0.3 is 9.84 Å². The van der Waals surface area contributed by atoms with E-state index in [1.54, 1.807) is 7.05 Å². The number of hydrogen-bond acceptors (Lipinski definition) is 2. The van der Waals surface area contributed by atoms with Gasteiger partial charge in [-0.15, -0.1) is 0 Å². The Morgan fingerprint density at radius 2 is 2.56 bits per heavy atom.